The van der Waals surface area contributed by atoms with Gasteiger partial charge in [-0.3, -0.25) is 4.79 Å². The van der Waals surface area contributed by atoms with Crippen LogP contribution in [-0.4, -0.2) is 20.7 Å². The lowest BCUT2D eigenvalue weighted by atomic mass is 10.1. The van der Waals surface area contributed by atoms with Crippen LogP contribution in [0.5, 0.6) is 0 Å². The zero-order chi connectivity index (χ0) is 15.2. The number of nitriles is 1. The van der Waals surface area contributed by atoms with Crippen LogP contribution in [0.4, 0.5) is 0 Å². The Bertz CT molecular complexity index is 653. The van der Waals surface area contributed by atoms with Gasteiger partial charge in [-0.2, -0.15) is 5.26 Å². The summed E-state index contributed by atoms with van der Waals surface area (Å²) in [5.74, 6) is -0.109. The Morgan fingerprint density at radius 3 is 2.71 bits per heavy atom. The van der Waals surface area contributed by atoms with Gasteiger partial charge in [0.2, 0.25) is 5.91 Å². The number of carbonyl (C=O) groups excluding carboxylic acids is 1. The molecular formula is C15H17N5O. The monoisotopic (exact) mass is 283 g/mol. The fraction of sp³-hybridized carbons (Fsp3) is 0.333. The summed E-state index contributed by atoms with van der Waals surface area (Å²) in [6, 6.07) is 9.91. The third-order valence-electron chi connectivity index (χ3n) is 3.21. The second-order valence-electron chi connectivity index (χ2n) is 4.76. The fourth-order valence-electron chi connectivity index (χ4n) is 1.98. The molecule has 1 N–H and O–H groups in total. The van der Waals surface area contributed by atoms with Crippen LogP contribution in [0.1, 0.15) is 36.8 Å². The van der Waals surface area contributed by atoms with Gasteiger partial charge in [-0.15, -0.1) is 5.10 Å². The van der Waals surface area contributed by atoms with Crippen molar-refractivity contribution >= 4 is 5.91 Å². The van der Waals surface area contributed by atoms with Crippen LogP contribution >= 0.6 is 0 Å². The second-order valence-corrected chi connectivity index (χ2v) is 4.76. The topological polar surface area (TPSA) is 83.6 Å². The molecule has 0 aliphatic rings. The highest BCUT2D eigenvalue weighted by molar-refractivity contribution is 5.76. The Kier molecular flexibility index (Phi) is 4.67. The lowest BCUT2D eigenvalue weighted by Gasteiger charge is -2.14. The van der Waals surface area contributed by atoms with Gasteiger partial charge in [0.25, 0.3) is 5.82 Å². The molecule has 0 saturated heterocycles. The molecule has 1 unspecified atom stereocenters. The van der Waals surface area contributed by atoms with E-state index in [0.717, 1.165) is 12.0 Å². The van der Waals surface area contributed by atoms with Crippen molar-refractivity contribution < 1.29 is 4.79 Å². The van der Waals surface area contributed by atoms with Gasteiger partial charge in [-0.05, 0) is 24.5 Å². The van der Waals surface area contributed by atoms with Gasteiger partial charge < -0.3 is 5.32 Å². The van der Waals surface area contributed by atoms with Crippen molar-refractivity contribution in [2.24, 2.45) is 0 Å². The first-order valence-electron chi connectivity index (χ1n) is 6.80. The molecule has 1 amide bonds. The van der Waals surface area contributed by atoms with E-state index in [9.17, 15) is 4.79 Å². The second kappa shape index (κ2) is 6.66. The predicted molar refractivity (Wildman–Crippen MR) is 77.1 cm³/mol. The Labute approximate surface area is 123 Å². The molecule has 21 heavy (non-hydrogen) atoms. The van der Waals surface area contributed by atoms with Crippen molar-refractivity contribution in [1.82, 2.24) is 20.1 Å². The summed E-state index contributed by atoms with van der Waals surface area (Å²) in [6.45, 7) is 4.08. The van der Waals surface area contributed by atoms with Crippen LogP contribution in [-0.2, 0) is 17.8 Å². The molecule has 2 rings (SSSR count). The number of rotatable bonds is 5. The molecular weight excluding hydrogens is 266 g/mol. The van der Waals surface area contributed by atoms with E-state index in [2.05, 4.69) is 34.5 Å². The van der Waals surface area contributed by atoms with Crippen LogP contribution in [0.2, 0.25) is 0 Å². The summed E-state index contributed by atoms with van der Waals surface area (Å²) < 4.78 is 1.35. The van der Waals surface area contributed by atoms with Gasteiger partial charge in [0, 0.05) is 0 Å². The van der Waals surface area contributed by atoms with E-state index in [4.69, 9.17) is 5.26 Å². The molecule has 0 radical (unpaired) electrons. The van der Waals surface area contributed by atoms with E-state index in [-0.39, 0.29) is 24.3 Å². The standard InChI is InChI=1S/C15H17N5O/c1-3-12-4-6-13(7-5-12)11(2)18-15(21)9-20-10-17-14(8-16)19-20/h4-7,10-11H,3,9H2,1-2H3,(H,18,21). The van der Waals surface area contributed by atoms with Gasteiger partial charge >= 0.3 is 0 Å². The number of hydrogen-bond acceptors (Lipinski definition) is 4. The maximum absolute atomic E-state index is 11.9. The van der Waals surface area contributed by atoms with E-state index in [1.165, 1.54) is 16.6 Å². The number of carbonyl (C=O) groups is 1. The average molecular weight is 283 g/mol. The molecule has 2 aromatic rings. The molecule has 0 fully saturated rings. The highest BCUT2D eigenvalue weighted by atomic mass is 16.2. The van der Waals surface area contributed by atoms with E-state index in [1.807, 2.05) is 25.1 Å². The van der Waals surface area contributed by atoms with E-state index in [1.54, 1.807) is 0 Å². The number of aromatic nitrogens is 3. The molecule has 0 aliphatic carbocycles. The Hall–Kier alpha value is -2.68. The van der Waals surface area contributed by atoms with E-state index >= 15 is 0 Å². The largest absolute Gasteiger partial charge is 0.348 e. The highest BCUT2D eigenvalue weighted by Gasteiger charge is 2.11. The quantitative estimate of drug-likeness (QED) is 0.903. The van der Waals surface area contributed by atoms with Crippen molar-refractivity contribution in [3.63, 3.8) is 0 Å². The van der Waals surface area contributed by atoms with Gasteiger partial charge in [0.05, 0.1) is 6.04 Å². The first kappa shape index (κ1) is 14.7. The number of nitrogens with zero attached hydrogens (tertiary/aromatic N) is 4. The first-order valence-corrected chi connectivity index (χ1v) is 6.80. The van der Waals surface area contributed by atoms with Crippen molar-refractivity contribution in [2.45, 2.75) is 32.9 Å². The predicted octanol–water partition coefficient (Wildman–Crippen LogP) is 1.59. The van der Waals surface area contributed by atoms with Gasteiger partial charge in [-0.25, -0.2) is 9.67 Å². The number of hydrogen-bond donors (Lipinski definition) is 1. The molecule has 6 heteroatoms. The van der Waals surface area contributed by atoms with E-state index < -0.39 is 0 Å². The highest BCUT2D eigenvalue weighted by Crippen LogP contribution is 2.13. The minimum absolute atomic E-state index is 0.0477. The maximum Gasteiger partial charge on any atom is 0.252 e. The summed E-state index contributed by atoms with van der Waals surface area (Å²) in [5.41, 5.74) is 2.32. The van der Waals surface area contributed by atoms with Crippen molar-refractivity contribution in [3.05, 3.63) is 47.5 Å². The Morgan fingerprint density at radius 2 is 2.14 bits per heavy atom. The summed E-state index contributed by atoms with van der Waals surface area (Å²) in [6.07, 6.45) is 2.37. The first-order chi connectivity index (χ1) is 10.1. The third-order valence-corrected chi connectivity index (χ3v) is 3.21. The number of amides is 1. The molecule has 108 valence electrons. The Morgan fingerprint density at radius 1 is 1.43 bits per heavy atom. The summed E-state index contributed by atoms with van der Waals surface area (Å²) in [7, 11) is 0. The van der Waals surface area contributed by atoms with Gasteiger partial charge in [0.15, 0.2) is 0 Å². The zero-order valence-corrected chi connectivity index (χ0v) is 12.1. The normalized spacial score (nSPS) is 11.7. The van der Waals surface area contributed by atoms with Crippen LogP contribution in [0, 0.1) is 11.3 Å². The van der Waals surface area contributed by atoms with Crippen LogP contribution in [0.3, 0.4) is 0 Å². The molecule has 1 aromatic heterocycles. The van der Waals surface area contributed by atoms with Crippen LogP contribution in [0.25, 0.3) is 0 Å². The molecule has 0 bridgehead atoms. The van der Waals surface area contributed by atoms with Gasteiger partial charge in [0.1, 0.15) is 18.9 Å². The number of nitrogens with one attached hydrogen (secondary N) is 1. The lowest BCUT2D eigenvalue weighted by molar-refractivity contribution is -0.122. The number of benzene rings is 1. The lowest BCUT2D eigenvalue weighted by Crippen LogP contribution is -2.30. The van der Waals surface area contributed by atoms with Crippen molar-refractivity contribution in [1.29, 1.82) is 5.26 Å². The maximum atomic E-state index is 11.9. The van der Waals surface area contributed by atoms with Crippen LogP contribution < -0.4 is 5.32 Å². The molecule has 1 aromatic carbocycles. The van der Waals surface area contributed by atoms with Crippen molar-refractivity contribution in [3.8, 4) is 6.07 Å². The number of aryl methyl sites for hydroxylation is 1. The molecule has 1 atom stereocenters. The molecule has 6 nitrogen and oxygen atoms in total. The fourth-order valence-corrected chi connectivity index (χ4v) is 1.98. The summed E-state index contributed by atoms with van der Waals surface area (Å²) in [4.78, 5) is 15.7. The van der Waals surface area contributed by atoms with Crippen molar-refractivity contribution in [2.75, 3.05) is 0 Å². The van der Waals surface area contributed by atoms with Crippen LogP contribution in [0.15, 0.2) is 30.6 Å². The SMILES string of the molecule is CCc1ccc(C(C)NC(=O)Cn2cnc(C#N)n2)cc1. The summed E-state index contributed by atoms with van der Waals surface area (Å²) in [5, 5.41) is 15.4. The van der Waals surface area contributed by atoms with Gasteiger partial charge in [-0.1, -0.05) is 31.2 Å². The smallest absolute Gasteiger partial charge is 0.252 e. The Balaban J connectivity index is 1.93. The zero-order valence-electron chi connectivity index (χ0n) is 12.1. The summed E-state index contributed by atoms with van der Waals surface area (Å²) >= 11 is 0. The molecule has 1 heterocycles. The minimum Gasteiger partial charge on any atom is -0.348 e. The average Bonchev–Trinajstić information content (AvgIpc) is 2.94. The molecule has 0 spiro atoms. The van der Waals surface area contributed by atoms with E-state index in [0.29, 0.717) is 0 Å². The molecule has 0 aliphatic heterocycles. The third kappa shape index (κ3) is 3.89. The molecule has 0 saturated carbocycles. The minimum atomic E-state index is -0.170.